The van der Waals surface area contributed by atoms with E-state index in [0.717, 1.165) is 38.5 Å². The Bertz CT molecular complexity index is 827. The minimum Gasteiger partial charge on any atom is -0.463 e. The maximum absolute atomic E-state index is 13.6. The Morgan fingerprint density at radius 3 is 2.33 bits per heavy atom. The Morgan fingerprint density at radius 2 is 1.78 bits per heavy atom. The van der Waals surface area contributed by atoms with Crippen LogP contribution in [0.5, 0.6) is 0 Å². The molecule has 0 bridgehead atoms. The third-order valence-electron chi connectivity index (χ3n) is 8.84. The number of hydrogen-bond acceptors (Lipinski definition) is 5. The molecule has 1 fully saturated rings. The van der Waals surface area contributed by atoms with Crippen molar-refractivity contribution in [1.29, 1.82) is 0 Å². The standard InChI is InChI=1S/C31H51NO4/c1-9-13-17-25(10-2)22-35-29(34)28(20-23(5)26-18-15-14-16-19-26)36-32-30(7,11-3)21-27(33)24(6)31(32,8)12-4/h14-16,18-19,23-25,28H,9-13,17,20-22H2,1-8H3. The lowest BCUT2D eigenvalue weighted by atomic mass is 9.70. The van der Waals surface area contributed by atoms with Crippen LogP contribution in [0.2, 0.25) is 0 Å². The predicted molar refractivity (Wildman–Crippen MR) is 147 cm³/mol. The molecule has 0 saturated carbocycles. The first kappa shape index (κ1) is 30.5. The summed E-state index contributed by atoms with van der Waals surface area (Å²) in [5, 5.41) is 2.02. The van der Waals surface area contributed by atoms with Crippen LogP contribution in [0.15, 0.2) is 30.3 Å². The molecule has 5 heteroatoms. The van der Waals surface area contributed by atoms with Crippen LogP contribution >= 0.6 is 0 Å². The van der Waals surface area contributed by atoms with Crippen LogP contribution in [0, 0.1) is 11.8 Å². The first-order chi connectivity index (χ1) is 17.1. The van der Waals surface area contributed by atoms with Crippen molar-refractivity contribution in [3.63, 3.8) is 0 Å². The average molecular weight is 502 g/mol. The molecule has 36 heavy (non-hydrogen) atoms. The van der Waals surface area contributed by atoms with Gasteiger partial charge in [0.15, 0.2) is 6.10 Å². The second kappa shape index (κ2) is 13.7. The fourth-order valence-corrected chi connectivity index (χ4v) is 5.44. The Morgan fingerprint density at radius 1 is 1.11 bits per heavy atom. The second-order valence-electron chi connectivity index (χ2n) is 11.4. The average Bonchev–Trinajstić information content (AvgIpc) is 2.89. The number of esters is 1. The summed E-state index contributed by atoms with van der Waals surface area (Å²) in [5.74, 6) is 0.283. The van der Waals surface area contributed by atoms with Crippen LogP contribution in [-0.4, -0.2) is 40.6 Å². The molecule has 1 heterocycles. The van der Waals surface area contributed by atoms with E-state index < -0.39 is 17.2 Å². The van der Waals surface area contributed by atoms with Gasteiger partial charge in [0.2, 0.25) is 0 Å². The number of hydroxylamine groups is 2. The molecule has 0 spiro atoms. The Labute approximate surface area is 220 Å². The Balaban J connectivity index is 2.34. The number of unbranched alkanes of at least 4 members (excludes halogenated alkanes) is 1. The summed E-state index contributed by atoms with van der Waals surface area (Å²) >= 11 is 0. The third kappa shape index (κ3) is 7.19. The number of benzene rings is 1. The number of Topliss-reactive ketones (excluding diaryl/α,β-unsaturated/α-hetero) is 1. The summed E-state index contributed by atoms with van der Waals surface area (Å²) in [6.45, 7) is 17.3. The fraction of sp³-hybridized carbons (Fsp3) is 0.742. The lowest BCUT2D eigenvalue weighted by Gasteiger charge is -2.56. The number of hydrogen-bond donors (Lipinski definition) is 0. The monoisotopic (exact) mass is 501 g/mol. The molecule has 0 amide bonds. The van der Waals surface area contributed by atoms with Crippen molar-refractivity contribution in [3.8, 4) is 0 Å². The van der Waals surface area contributed by atoms with E-state index in [-0.39, 0.29) is 23.6 Å². The highest BCUT2D eigenvalue weighted by Crippen LogP contribution is 2.45. The van der Waals surface area contributed by atoms with E-state index in [4.69, 9.17) is 9.57 Å². The smallest absolute Gasteiger partial charge is 0.337 e. The number of carbonyl (C=O) groups excluding carboxylic acids is 2. The van der Waals surface area contributed by atoms with Gasteiger partial charge in [0, 0.05) is 12.3 Å². The number of piperidine rings is 1. The van der Waals surface area contributed by atoms with Crippen molar-refractivity contribution in [2.24, 2.45) is 11.8 Å². The number of rotatable bonds is 14. The molecule has 6 unspecified atom stereocenters. The highest BCUT2D eigenvalue weighted by atomic mass is 16.7. The summed E-state index contributed by atoms with van der Waals surface area (Å²) in [4.78, 5) is 33.3. The van der Waals surface area contributed by atoms with E-state index in [1.807, 2.05) is 30.2 Å². The van der Waals surface area contributed by atoms with Crippen LogP contribution in [0.1, 0.15) is 118 Å². The summed E-state index contributed by atoms with van der Waals surface area (Å²) in [7, 11) is 0. The summed E-state index contributed by atoms with van der Waals surface area (Å²) in [5.41, 5.74) is 0.199. The van der Waals surface area contributed by atoms with Gasteiger partial charge in [-0.25, -0.2) is 4.79 Å². The highest BCUT2D eigenvalue weighted by molar-refractivity contribution is 5.84. The SMILES string of the molecule is CCCCC(CC)COC(=O)C(CC(C)c1ccccc1)ON1C(C)(CC)CC(=O)C(C)C1(C)CC. The second-order valence-corrected chi connectivity index (χ2v) is 11.4. The minimum atomic E-state index is -0.735. The van der Waals surface area contributed by atoms with Crippen molar-refractivity contribution in [3.05, 3.63) is 35.9 Å². The van der Waals surface area contributed by atoms with E-state index in [0.29, 0.717) is 25.4 Å². The van der Waals surface area contributed by atoms with Gasteiger partial charge in [-0.05, 0) is 56.9 Å². The molecule has 1 aliphatic heterocycles. The molecular formula is C31H51NO4. The largest absolute Gasteiger partial charge is 0.463 e. The van der Waals surface area contributed by atoms with E-state index in [1.54, 1.807) is 0 Å². The van der Waals surface area contributed by atoms with Gasteiger partial charge >= 0.3 is 5.97 Å². The first-order valence-electron chi connectivity index (χ1n) is 14.3. The molecule has 6 atom stereocenters. The van der Waals surface area contributed by atoms with Crippen LogP contribution in [0.4, 0.5) is 0 Å². The van der Waals surface area contributed by atoms with Gasteiger partial charge < -0.3 is 4.74 Å². The van der Waals surface area contributed by atoms with E-state index in [1.165, 1.54) is 5.56 Å². The zero-order valence-corrected chi connectivity index (χ0v) is 24.1. The molecule has 1 aromatic rings. The van der Waals surface area contributed by atoms with E-state index >= 15 is 0 Å². The lowest BCUT2D eigenvalue weighted by molar-refractivity contribution is -0.315. The first-order valence-corrected chi connectivity index (χ1v) is 14.3. The predicted octanol–water partition coefficient (Wildman–Crippen LogP) is 7.49. The third-order valence-corrected chi connectivity index (χ3v) is 8.84. The quantitative estimate of drug-likeness (QED) is 0.247. The topological polar surface area (TPSA) is 55.8 Å². The Kier molecular flexibility index (Phi) is 11.6. The molecular weight excluding hydrogens is 450 g/mol. The summed E-state index contributed by atoms with van der Waals surface area (Å²) in [6.07, 6.45) is 6.06. The highest BCUT2D eigenvalue weighted by Gasteiger charge is 2.54. The van der Waals surface area contributed by atoms with Gasteiger partial charge in [0.05, 0.1) is 17.7 Å². The van der Waals surface area contributed by atoms with Crippen LogP contribution in [0.25, 0.3) is 0 Å². The maximum Gasteiger partial charge on any atom is 0.337 e. The van der Waals surface area contributed by atoms with Crippen molar-refractivity contribution in [1.82, 2.24) is 5.06 Å². The van der Waals surface area contributed by atoms with Crippen molar-refractivity contribution >= 4 is 11.8 Å². The zero-order valence-electron chi connectivity index (χ0n) is 24.1. The lowest BCUT2D eigenvalue weighted by Crippen LogP contribution is -2.67. The molecule has 0 radical (unpaired) electrons. The molecule has 1 saturated heterocycles. The Hall–Kier alpha value is -1.72. The minimum absolute atomic E-state index is 0.121. The molecule has 1 aliphatic rings. The molecule has 1 aromatic carbocycles. The molecule has 0 N–H and O–H groups in total. The molecule has 0 aromatic heterocycles. The van der Waals surface area contributed by atoms with Crippen molar-refractivity contribution in [2.45, 2.75) is 130 Å². The molecule has 2 rings (SSSR count). The van der Waals surface area contributed by atoms with Crippen LogP contribution < -0.4 is 0 Å². The van der Waals surface area contributed by atoms with Gasteiger partial charge in [-0.1, -0.05) is 91.1 Å². The van der Waals surface area contributed by atoms with Gasteiger partial charge in [-0.2, -0.15) is 5.06 Å². The molecule has 204 valence electrons. The summed E-state index contributed by atoms with van der Waals surface area (Å²) < 4.78 is 5.93. The van der Waals surface area contributed by atoms with Crippen molar-refractivity contribution in [2.75, 3.05) is 6.61 Å². The number of carbonyl (C=O) groups is 2. The van der Waals surface area contributed by atoms with E-state index in [9.17, 15) is 9.59 Å². The van der Waals surface area contributed by atoms with E-state index in [2.05, 4.69) is 60.6 Å². The normalized spacial score (nSPS) is 27.4. The van der Waals surface area contributed by atoms with Crippen LogP contribution in [-0.2, 0) is 19.2 Å². The zero-order chi connectivity index (χ0) is 26.9. The van der Waals surface area contributed by atoms with Gasteiger partial charge in [0.25, 0.3) is 0 Å². The van der Waals surface area contributed by atoms with Gasteiger partial charge in [-0.15, -0.1) is 0 Å². The fourth-order valence-electron chi connectivity index (χ4n) is 5.44. The molecule has 5 nitrogen and oxygen atoms in total. The maximum atomic E-state index is 13.6. The van der Waals surface area contributed by atoms with Crippen LogP contribution in [0.3, 0.4) is 0 Å². The van der Waals surface area contributed by atoms with Gasteiger partial charge in [-0.3, -0.25) is 9.63 Å². The van der Waals surface area contributed by atoms with Crippen molar-refractivity contribution < 1.29 is 19.2 Å². The summed E-state index contributed by atoms with van der Waals surface area (Å²) in [6, 6.07) is 10.3. The molecule has 0 aliphatic carbocycles. The number of ketones is 1. The number of ether oxygens (including phenoxy) is 1. The number of nitrogens with zero attached hydrogens (tertiary/aromatic N) is 1. The van der Waals surface area contributed by atoms with Gasteiger partial charge in [0.1, 0.15) is 5.78 Å².